The molecule has 1 aliphatic rings. The molecule has 51 heavy (non-hydrogen) atoms. The first kappa shape index (κ1) is 34.2. The number of carbonyl (C=O) groups is 1. The molecule has 0 aliphatic heterocycles. The summed E-state index contributed by atoms with van der Waals surface area (Å²) in [5, 5.41) is 17.5. The number of benzene rings is 2. The maximum atomic E-state index is 16.0. The molecule has 0 saturated heterocycles. The number of fused-ring (bicyclic) bond motifs is 3. The van der Waals surface area contributed by atoms with Crippen LogP contribution in [0.4, 0.5) is 9.18 Å². The maximum absolute atomic E-state index is 16.0. The van der Waals surface area contributed by atoms with Crippen LogP contribution in [0.25, 0.3) is 44.5 Å². The lowest BCUT2D eigenvalue weighted by atomic mass is 9.97. The van der Waals surface area contributed by atoms with Crippen molar-refractivity contribution in [1.82, 2.24) is 33.2 Å². The topological polar surface area (TPSA) is 155 Å². The minimum Gasteiger partial charge on any atom is -0.444 e. The number of nitrogens with one attached hydrogen (secondary N) is 1. The van der Waals surface area contributed by atoms with Crippen molar-refractivity contribution in [3.63, 3.8) is 0 Å². The largest absolute Gasteiger partial charge is 0.444 e. The number of ether oxygens (including phenoxy) is 1. The number of carbonyl (C=O) groups excluding carboxylic acids is 1. The molecular weight excluding hydrogens is 678 g/mol. The molecule has 0 radical (unpaired) electrons. The first-order valence-corrected chi connectivity index (χ1v) is 18.0. The lowest BCUT2D eigenvalue weighted by Gasteiger charge is -2.19. The number of rotatable bonds is 7. The van der Waals surface area contributed by atoms with E-state index in [2.05, 4.69) is 15.4 Å². The Morgan fingerprint density at radius 1 is 1.10 bits per heavy atom. The van der Waals surface area contributed by atoms with Crippen molar-refractivity contribution in [2.75, 3.05) is 0 Å². The third kappa shape index (κ3) is 5.99. The number of hydrogen-bond donors (Lipinski definition) is 2. The van der Waals surface area contributed by atoms with Gasteiger partial charge in [-0.2, -0.15) is 4.39 Å². The molecule has 2 N–H and O–H groups in total. The number of pyridine rings is 1. The molecule has 15 heteroatoms. The quantitative estimate of drug-likeness (QED) is 0.227. The van der Waals surface area contributed by atoms with Gasteiger partial charge in [0.1, 0.15) is 5.60 Å². The van der Waals surface area contributed by atoms with Crippen LogP contribution >= 0.6 is 0 Å². The molecule has 2 atom stereocenters. The van der Waals surface area contributed by atoms with Gasteiger partial charge in [0.05, 0.1) is 44.9 Å². The van der Waals surface area contributed by atoms with E-state index in [0.717, 1.165) is 3.97 Å². The number of alkyl carbamates (subject to hydrolysis) is 1. The van der Waals surface area contributed by atoms with Gasteiger partial charge in [-0.3, -0.25) is 13.8 Å². The van der Waals surface area contributed by atoms with Crippen LogP contribution in [-0.4, -0.2) is 59.2 Å². The van der Waals surface area contributed by atoms with Gasteiger partial charge in [-0.05, 0) is 69.4 Å². The monoisotopic (exact) mass is 715 g/mol. The summed E-state index contributed by atoms with van der Waals surface area (Å²) in [4.78, 5) is 31.1. The molecule has 7 rings (SSSR count). The van der Waals surface area contributed by atoms with Crippen LogP contribution in [0.5, 0.6) is 0 Å². The van der Waals surface area contributed by atoms with Crippen LogP contribution in [0.1, 0.15) is 51.6 Å². The van der Waals surface area contributed by atoms with Gasteiger partial charge in [0, 0.05) is 38.4 Å². The average molecular weight is 716 g/mol. The molecule has 0 bridgehead atoms. The number of aliphatic hydroxyl groups excluding tert-OH is 1. The first-order valence-electron chi connectivity index (χ1n) is 16.5. The minimum atomic E-state index is -4.46. The summed E-state index contributed by atoms with van der Waals surface area (Å²) in [5.41, 5.74) is 1.05. The molecule has 6 aromatic rings. The highest BCUT2D eigenvalue weighted by atomic mass is 32.2. The summed E-state index contributed by atoms with van der Waals surface area (Å²) in [7, 11) is -1.31. The van der Waals surface area contributed by atoms with Gasteiger partial charge in [0.2, 0.25) is 5.95 Å². The summed E-state index contributed by atoms with van der Waals surface area (Å²) in [6, 6.07) is 14.5. The Morgan fingerprint density at radius 3 is 2.49 bits per heavy atom. The molecule has 0 spiro atoms. The van der Waals surface area contributed by atoms with E-state index in [-0.39, 0.29) is 40.1 Å². The van der Waals surface area contributed by atoms with Gasteiger partial charge in [0.25, 0.3) is 10.0 Å². The van der Waals surface area contributed by atoms with Crippen molar-refractivity contribution in [1.29, 1.82) is 0 Å². The van der Waals surface area contributed by atoms with E-state index < -0.39 is 33.8 Å². The van der Waals surface area contributed by atoms with Crippen molar-refractivity contribution in [3.05, 3.63) is 89.0 Å². The van der Waals surface area contributed by atoms with E-state index >= 15 is 4.39 Å². The molecule has 2 aromatic carbocycles. The maximum Gasteiger partial charge on any atom is 0.407 e. The standard InChI is InChI=1S/C36H38FN7O6S/c1-36(2,3)50-34(46)39-18-21-10-9-11-22(16-21)28-29-31-27(42(5)35(47)43(31)23-14-15-24(45)17-23)19-38-33(29)44(30(28)26-20-41(4)40-32(26)37)51(48,49)25-12-7-6-8-13-25/h6-13,16,19-20,23-24,45H,14-15,17-18H2,1-5H3,(H,39,46)/t23-,24-/m1/s1. The molecular formula is C36H38FN7O6S. The number of aryl methyl sites for hydroxylation is 2. The number of aliphatic hydroxyl groups is 1. The minimum absolute atomic E-state index is 0.0187. The van der Waals surface area contributed by atoms with E-state index in [1.807, 2.05) is 0 Å². The third-order valence-electron chi connectivity index (χ3n) is 9.10. The molecule has 4 aromatic heterocycles. The van der Waals surface area contributed by atoms with Crippen LogP contribution in [0, 0.1) is 5.95 Å². The van der Waals surface area contributed by atoms with Gasteiger partial charge in [-0.15, -0.1) is 5.10 Å². The molecule has 1 aliphatic carbocycles. The van der Waals surface area contributed by atoms with E-state index in [1.54, 1.807) is 74.9 Å². The molecule has 1 fully saturated rings. The van der Waals surface area contributed by atoms with E-state index in [0.29, 0.717) is 52.4 Å². The van der Waals surface area contributed by atoms with Crippen molar-refractivity contribution in [2.24, 2.45) is 14.1 Å². The Labute approximate surface area is 293 Å². The molecule has 266 valence electrons. The Balaban J connectivity index is 1.60. The van der Waals surface area contributed by atoms with Gasteiger partial charge < -0.3 is 15.2 Å². The van der Waals surface area contributed by atoms with Crippen LogP contribution in [0.2, 0.25) is 0 Å². The molecule has 0 unspecified atom stereocenters. The van der Waals surface area contributed by atoms with Crippen LogP contribution in [0.15, 0.2) is 76.7 Å². The Morgan fingerprint density at radius 2 is 1.84 bits per heavy atom. The SMILES string of the molecule is Cn1cc(-c2c(-c3cccc(CNC(=O)OC(C)(C)C)c3)c3c(ncc4c3n([C@@H]3CC[C@@H](O)C3)c(=O)n4C)n2S(=O)(=O)c2ccccc2)c(F)n1. The van der Waals surface area contributed by atoms with E-state index in [4.69, 9.17) is 4.74 Å². The lowest BCUT2D eigenvalue weighted by molar-refractivity contribution is 0.0523. The fourth-order valence-electron chi connectivity index (χ4n) is 6.95. The van der Waals surface area contributed by atoms with Crippen molar-refractivity contribution in [2.45, 2.75) is 69.2 Å². The third-order valence-corrected chi connectivity index (χ3v) is 10.8. The average Bonchev–Trinajstić information content (AvgIpc) is 3.82. The highest BCUT2D eigenvalue weighted by molar-refractivity contribution is 7.90. The number of imidazole rings is 1. The predicted molar refractivity (Wildman–Crippen MR) is 189 cm³/mol. The summed E-state index contributed by atoms with van der Waals surface area (Å²) in [6.45, 7) is 5.35. The van der Waals surface area contributed by atoms with Crippen molar-refractivity contribution < 1.29 is 27.4 Å². The lowest BCUT2D eigenvalue weighted by Crippen LogP contribution is -2.32. The highest BCUT2D eigenvalue weighted by Crippen LogP contribution is 2.46. The zero-order chi connectivity index (χ0) is 36.4. The fourth-order valence-corrected chi connectivity index (χ4v) is 8.46. The second kappa shape index (κ2) is 12.5. The van der Waals surface area contributed by atoms with Crippen molar-refractivity contribution >= 4 is 38.2 Å². The molecule has 4 heterocycles. The van der Waals surface area contributed by atoms with Crippen LogP contribution in [-0.2, 0) is 35.4 Å². The van der Waals surface area contributed by atoms with Gasteiger partial charge in [-0.25, -0.2) is 27.0 Å². The molecule has 1 amide bonds. The molecule has 1 saturated carbocycles. The van der Waals surface area contributed by atoms with Crippen molar-refractivity contribution in [3.8, 4) is 22.4 Å². The van der Waals surface area contributed by atoms with E-state index in [1.165, 1.54) is 40.8 Å². The normalized spacial score (nSPS) is 16.7. The zero-order valence-corrected chi connectivity index (χ0v) is 29.6. The second-order valence-electron chi connectivity index (χ2n) is 13.9. The highest BCUT2D eigenvalue weighted by Gasteiger charge is 2.36. The summed E-state index contributed by atoms with van der Waals surface area (Å²) < 4.78 is 56.2. The number of nitrogens with zero attached hydrogens (tertiary/aromatic N) is 6. The number of aromatic nitrogens is 6. The van der Waals surface area contributed by atoms with Crippen LogP contribution < -0.4 is 11.0 Å². The van der Waals surface area contributed by atoms with Gasteiger partial charge in [-0.1, -0.05) is 36.4 Å². The Bertz CT molecular complexity index is 2490. The summed E-state index contributed by atoms with van der Waals surface area (Å²) in [6.07, 6.45) is 2.99. The van der Waals surface area contributed by atoms with Gasteiger partial charge >= 0.3 is 11.8 Å². The number of halogens is 1. The predicted octanol–water partition coefficient (Wildman–Crippen LogP) is 5.24. The second-order valence-corrected chi connectivity index (χ2v) is 15.7. The zero-order valence-electron chi connectivity index (χ0n) is 28.8. The fraction of sp³-hybridized carbons (Fsp3) is 0.333. The van der Waals surface area contributed by atoms with E-state index in [9.17, 15) is 23.1 Å². The van der Waals surface area contributed by atoms with Gasteiger partial charge in [0.15, 0.2) is 5.65 Å². The Kier molecular flexibility index (Phi) is 8.37. The smallest absolute Gasteiger partial charge is 0.407 e. The Hall–Kier alpha value is -5.28. The molecule has 13 nitrogen and oxygen atoms in total. The number of hydrogen-bond acceptors (Lipinski definition) is 8. The summed E-state index contributed by atoms with van der Waals surface area (Å²) >= 11 is 0. The first-order chi connectivity index (χ1) is 24.2. The van der Waals surface area contributed by atoms with Crippen LogP contribution in [0.3, 0.4) is 0 Å². The summed E-state index contributed by atoms with van der Waals surface area (Å²) in [5.74, 6) is -0.908. The number of amides is 1.